The standard InChI is InChI=1S/C11H19BrOS/c12-5-1-2-10-3-6-13-11(8-10)4-7-14-9-11/h10H,1-9H2. The molecule has 0 amide bonds. The molecule has 0 bridgehead atoms. The molecule has 2 unspecified atom stereocenters. The summed E-state index contributed by atoms with van der Waals surface area (Å²) in [5.41, 5.74) is 0.292. The first-order valence-electron chi connectivity index (χ1n) is 5.62. The van der Waals surface area contributed by atoms with Gasteiger partial charge in [0.15, 0.2) is 0 Å². The van der Waals surface area contributed by atoms with Gasteiger partial charge in [-0.05, 0) is 43.8 Å². The molecule has 0 aromatic heterocycles. The van der Waals surface area contributed by atoms with Gasteiger partial charge >= 0.3 is 0 Å². The van der Waals surface area contributed by atoms with Crippen LogP contribution in [0.2, 0.25) is 0 Å². The van der Waals surface area contributed by atoms with E-state index in [1.807, 2.05) is 0 Å². The molecule has 14 heavy (non-hydrogen) atoms. The first-order chi connectivity index (χ1) is 6.85. The van der Waals surface area contributed by atoms with Crippen LogP contribution < -0.4 is 0 Å². The Balaban J connectivity index is 1.83. The van der Waals surface area contributed by atoms with Crippen molar-refractivity contribution in [2.75, 3.05) is 23.4 Å². The largest absolute Gasteiger partial charge is 0.374 e. The molecule has 2 rings (SSSR count). The van der Waals surface area contributed by atoms with Crippen LogP contribution in [0.3, 0.4) is 0 Å². The molecular formula is C11H19BrOS. The molecule has 1 spiro atoms. The summed E-state index contributed by atoms with van der Waals surface area (Å²) in [5, 5.41) is 1.16. The molecule has 2 saturated heterocycles. The fourth-order valence-electron chi connectivity index (χ4n) is 2.60. The van der Waals surface area contributed by atoms with Gasteiger partial charge in [0.05, 0.1) is 5.60 Å². The summed E-state index contributed by atoms with van der Waals surface area (Å²) in [5.74, 6) is 3.49. The Morgan fingerprint density at radius 3 is 3.14 bits per heavy atom. The number of alkyl halides is 1. The van der Waals surface area contributed by atoms with Crippen LogP contribution in [-0.2, 0) is 4.74 Å². The molecule has 0 saturated carbocycles. The summed E-state index contributed by atoms with van der Waals surface area (Å²) in [6.45, 7) is 1.01. The molecule has 0 aromatic rings. The fourth-order valence-corrected chi connectivity index (χ4v) is 4.31. The molecule has 0 radical (unpaired) electrons. The van der Waals surface area contributed by atoms with Crippen LogP contribution in [0.4, 0.5) is 0 Å². The second kappa shape index (κ2) is 5.22. The quantitative estimate of drug-likeness (QED) is 0.732. The number of rotatable bonds is 3. The van der Waals surface area contributed by atoms with Crippen molar-refractivity contribution in [3.63, 3.8) is 0 Å². The summed E-state index contributed by atoms with van der Waals surface area (Å²) < 4.78 is 6.00. The zero-order valence-corrected chi connectivity index (χ0v) is 11.0. The molecule has 2 heterocycles. The van der Waals surface area contributed by atoms with Gasteiger partial charge < -0.3 is 4.74 Å². The molecule has 0 N–H and O–H groups in total. The van der Waals surface area contributed by atoms with Crippen molar-refractivity contribution in [2.45, 2.75) is 37.7 Å². The van der Waals surface area contributed by atoms with Crippen LogP contribution >= 0.6 is 27.7 Å². The first-order valence-corrected chi connectivity index (χ1v) is 7.90. The molecule has 1 nitrogen and oxygen atoms in total. The first kappa shape index (κ1) is 11.3. The molecule has 82 valence electrons. The van der Waals surface area contributed by atoms with Crippen LogP contribution in [0.1, 0.15) is 32.1 Å². The maximum absolute atomic E-state index is 6.00. The van der Waals surface area contributed by atoms with Crippen LogP contribution in [0.15, 0.2) is 0 Å². The highest BCUT2D eigenvalue weighted by atomic mass is 79.9. The number of ether oxygens (including phenoxy) is 1. The fraction of sp³-hybridized carbons (Fsp3) is 1.00. The predicted octanol–water partition coefficient (Wildman–Crippen LogP) is 3.46. The lowest BCUT2D eigenvalue weighted by Crippen LogP contribution is -2.39. The number of halogens is 1. The van der Waals surface area contributed by atoms with E-state index in [1.165, 1.54) is 43.6 Å². The number of hydrogen-bond donors (Lipinski definition) is 0. The monoisotopic (exact) mass is 278 g/mol. The highest BCUT2D eigenvalue weighted by Crippen LogP contribution is 2.41. The van der Waals surface area contributed by atoms with Gasteiger partial charge in [0, 0.05) is 17.7 Å². The topological polar surface area (TPSA) is 9.23 Å². The maximum Gasteiger partial charge on any atom is 0.0783 e. The Bertz CT molecular complexity index is 180. The van der Waals surface area contributed by atoms with E-state index in [-0.39, 0.29) is 0 Å². The van der Waals surface area contributed by atoms with Crippen LogP contribution in [0.25, 0.3) is 0 Å². The van der Waals surface area contributed by atoms with Crippen molar-refractivity contribution in [2.24, 2.45) is 5.92 Å². The Kier molecular flexibility index (Phi) is 4.21. The van der Waals surface area contributed by atoms with Crippen molar-refractivity contribution in [1.29, 1.82) is 0 Å². The minimum atomic E-state index is 0.292. The van der Waals surface area contributed by atoms with E-state index in [0.29, 0.717) is 5.60 Å². The van der Waals surface area contributed by atoms with Gasteiger partial charge in [0.1, 0.15) is 0 Å². The van der Waals surface area contributed by atoms with E-state index in [1.54, 1.807) is 0 Å². The number of hydrogen-bond acceptors (Lipinski definition) is 2. The van der Waals surface area contributed by atoms with Gasteiger partial charge in [0.25, 0.3) is 0 Å². The van der Waals surface area contributed by atoms with Gasteiger partial charge in [0.2, 0.25) is 0 Å². The summed E-state index contributed by atoms with van der Waals surface area (Å²) in [4.78, 5) is 0. The highest BCUT2D eigenvalue weighted by molar-refractivity contribution is 9.09. The molecular weight excluding hydrogens is 260 g/mol. The normalized spacial score (nSPS) is 37.9. The molecule has 2 fully saturated rings. The Hall–Kier alpha value is 0.790. The second-order valence-electron chi connectivity index (χ2n) is 4.52. The van der Waals surface area contributed by atoms with Gasteiger partial charge in [-0.25, -0.2) is 0 Å². The van der Waals surface area contributed by atoms with Gasteiger partial charge in [-0.1, -0.05) is 15.9 Å². The molecule has 2 atom stereocenters. The van der Waals surface area contributed by atoms with Crippen molar-refractivity contribution >= 4 is 27.7 Å². The van der Waals surface area contributed by atoms with Crippen LogP contribution in [0, 0.1) is 5.92 Å². The van der Waals surface area contributed by atoms with E-state index in [4.69, 9.17) is 4.74 Å². The van der Waals surface area contributed by atoms with Crippen molar-refractivity contribution in [1.82, 2.24) is 0 Å². The summed E-state index contributed by atoms with van der Waals surface area (Å²) in [6.07, 6.45) is 6.63. The van der Waals surface area contributed by atoms with Crippen LogP contribution in [-0.4, -0.2) is 29.0 Å². The predicted molar refractivity (Wildman–Crippen MR) is 66.4 cm³/mol. The molecule has 3 heteroatoms. The van der Waals surface area contributed by atoms with E-state index < -0.39 is 0 Å². The number of thioether (sulfide) groups is 1. The average Bonchev–Trinajstić information content (AvgIpc) is 2.63. The second-order valence-corrected chi connectivity index (χ2v) is 6.42. The molecule has 0 aliphatic carbocycles. The molecule has 2 aliphatic rings. The van der Waals surface area contributed by atoms with E-state index in [9.17, 15) is 0 Å². The highest BCUT2D eigenvalue weighted by Gasteiger charge is 2.39. The van der Waals surface area contributed by atoms with E-state index in [2.05, 4.69) is 27.7 Å². The SMILES string of the molecule is BrCCCC1CCOC2(CCSC2)C1. The summed E-state index contributed by atoms with van der Waals surface area (Å²) in [6, 6.07) is 0. The van der Waals surface area contributed by atoms with Gasteiger partial charge in [-0.2, -0.15) is 11.8 Å². The van der Waals surface area contributed by atoms with Crippen molar-refractivity contribution < 1.29 is 4.74 Å². The maximum atomic E-state index is 6.00. The minimum Gasteiger partial charge on any atom is -0.374 e. The summed E-state index contributed by atoms with van der Waals surface area (Å²) >= 11 is 5.59. The third kappa shape index (κ3) is 2.67. The van der Waals surface area contributed by atoms with Crippen molar-refractivity contribution in [3.8, 4) is 0 Å². The molecule has 2 aliphatic heterocycles. The van der Waals surface area contributed by atoms with E-state index >= 15 is 0 Å². The van der Waals surface area contributed by atoms with Crippen LogP contribution in [0.5, 0.6) is 0 Å². The van der Waals surface area contributed by atoms with E-state index in [0.717, 1.165) is 17.9 Å². The Morgan fingerprint density at radius 1 is 1.50 bits per heavy atom. The summed E-state index contributed by atoms with van der Waals surface area (Å²) in [7, 11) is 0. The lowest BCUT2D eigenvalue weighted by Gasteiger charge is -2.37. The van der Waals surface area contributed by atoms with Gasteiger partial charge in [-0.3, -0.25) is 0 Å². The third-order valence-electron chi connectivity index (χ3n) is 3.41. The zero-order valence-electron chi connectivity index (χ0n) is 8.64. The third-order valence-corrected chi connectivity index (χ3v) is 5.19. The lowest BCUT2D eigenvalue weighted by molar-refractivity contribution is -0.0805. The van der Waals surface area contributed by atoms with Gasteiger partial charge in [-0.15, -0.1) is 0 Å². The van der Waals surface area contributed by atoms with Crippen molar-refractivity contribution in [3.05, 3.63) is 0 Å². The zero-order chi connectivity index (χ0) is 9.86. The smallest absolute Gasteiger partial charge is 0.0783 e. The Labute approximate surface area is 99.5 Å². The molecule has 0 aromatic carbocycles. The lowest BCUT2D eigenvalue weighted by atomic mass is 9.83. The average molecular weight is 279 g/mol. The minimum absolute atomic E-state index is 0.292. The Morgan fingerprint density at radius 2 is 2.43 bits per heavy atom.